The highest BCUT2D eigenvalue weighted by Crippen LogP contribution is 2.39. The molecule has 0 atom stereocenters. The Morgan fingerprint density at radius 3 is 2.53 bits per heavy atom. The van der Waals surface area contributed by atoms with Crippen LogP contribution in [0.3, 0.4) is 0 Å². The van der Waals surface area contributed by atoms with Gasteiger partial charge in [-0.1, -0.05) is 13.8 Å². The fraction of sp³-hybridized carbons (Fsp3) is 0.643. The smallest absolute Gasteiger partial charge is 0.287 e. The molecule has 0 unspecified atom stereocenters. The summed E-state index contributed by atoms with van der Waals surface area (Å²) in [5.74, 6) is -0.171. The van der Waals surface area contributed by atoms with Crippen molar-refractivity contribution < 1.29 is 14.3 Å². The third kappa shape index (κ3) is 3.74. The number of carbonyl (C=O) groups is 1. The van der Waals surface area contributed by atoms with Crippen LogP contribution in [-0.2, 0) is 0 Å². The average Bonchev–Trinajstić information content (AvgIpc) is 2.78. The maximum Gasteiger partial charge on any atom is 0.287 e. The van der Waals surface area contributed by atoms with E-state index in [0.29, 0.717) is 12.8 Å². The summed E-state index contributed by atoms with van der Waals surface area (Å²) in [6.45, 7) is 4.66. The van der Waals surface area contributed by atoms with Crippen molar-refractivity contribution in [3.05, 3.63) is 23.1 Å². The highest BCUT2D eigenvalue weighted by atomic mass is 35.5. The Morgan fingerprint density at radius 1 is 1.37 bits per heavy atom. The minimum Gasteiger partial charge on any atom is -0.440 e. The normalized spacial score (nSPS) is 21.1. The zero-order chi connectivity index (χ0) is 14.1. The molecule has 106 valence electrons. The van der Waals surface area contributed by atoms with Gasteiger partial charge in [-0.25, -0.2) is 0 Å². The molecule has 1 aliphatic rings. The molecule has 1 aliphatic carbocycles. The summed E-state index contributed by atoms with van der Waals surface area (Å²) in [5, 5.41) is 13.3. The Hall–Kier alpha value is -1.00. The maximum atomic E-state index is 11.8. The molecule has 19 heavy (non-hydrogen) atoms. The van der Waals surface area contributed by atoms with Crippen molar-refractivity contribution in [2.75, 3.05) is 6.54 Å². The van der Waals surface area contributed by atoms with Crippen molar-refractivity contribution in [1.82, 2.24) is 5.32 Å². The van der Waals surface area contributed by atoms with Crippen LogP contribution in [0.4, 0.5) is 0 Å². The summed E-state index contributed by atoms with van der Waals surface area (Å²) in [7, 11) is 0. The first-order valence-corrected chi connectivity index (χ1v) is 6.93. The number of rotatable bonds is 3. The Bertz CT molecular complexity index is 457. The van der Waals surface area contributed by atoms with E-state index in [0.717, 1.165) is 12.8 Å². The molecule has 4 nitrogen and oxygen atoms in total. The molecule has 1 aromatic rings. The number of furan rings is 1. The van der Waals surface area contributed by atoms with E-state index in [-0.39, 0.29) is 28.8 Å². The van der Waals surface area contributed by atoms with Gasteiger partial charge in [-0.15, -0.1) is 0 Å². The Kier molecular flexibility index (Phi) is 3.92. The Balaban J connectivity index is 1.87. The molecule has 1 amide bonds. The van der Waals surface area contributed by atoms with E-state index >= 15 is 0 Å². The molecular weight excluding hydrogens is 266 g/mol. The van der Waals surface area contributed by atoms with E-state index in [2.05, 4.69) is 19.2 Å². The lowest BCUT2D eigenvalue weighted by Gasteiger charge is -2.40. The van der Waals surface area contributed by atoms with E-state index < -0.39 is 5.60 Å². The van der Waals surface area contributed by atoms with E-state index in [1.54, 1.807) is 0 Å². The first-order valence-electron chi connectivity index (χ1n) is 6.56. The van der Waals surface area contributed by atoms with E-state index in [4.69, 9.17) is 16.0 Å². The SMILES string of the molecule is CC1(C)CCC(O)(CNC(=O)c2ccc(Cl)o2)CC1. The molecule has 1 aromatic heterocycles. The molecule has 2 rings (SSSR count). The van der Waals surface area contributed by atoms with Gasteiger partial charge in [0, 0.05) is 6.54 Å². The largest absolute Gasteiger partial charge is 0.440 e. The van der Waals surface area contributed by atoms with Crippen LogP contribution in [0.5, 0.6) is 0 Å². The second-order valence-corrected chi connectivity index (χ2v) is 6.55. The molecule has 0 aliphatic heterocycles. The number of aliphatic hydroxyl groups is 1. The van der Waals surface area contributed by atoms with E-state index in [9.17, 15) is 9.90 Å². The van der Waals surface area contributed by atoms with Gasteiger partial charge < -0.3 is 14.8 Å². The lowest BCUT2D eigenvalue weighted by atomic mass is 9.71. The van der Waals surface area contributed by atoms with Gasteiger partial charge >= 0.3 is 0 Å². The molecule has 0 aromatic carbocycles. The maximum absolute atomic E-state index is 11.8. The third-order valence-corrected chi connectivity index (χ3v) is 4.11. The van der Waals surface area contributed by atoms with Crippen LogP contribution in [-0.4, -0.2) is 23.2 Å². The fourth-order valence-corrected chi connectivity index (χ4v) is 2.48. The van der Waals surface area contributed by atoms with Crippen LogP contribution in [0.2, 0.25) is 5.22 Å². The van der Waals surface area contributed by atoms with Gasteiger partial charge in [-0.05, 0) is 54.8 Å². The summed E-state index contributed by atoms with van der Waals surface area (Å²) in [4.78, 5) is 11.8. The molecule has 0 spiro atoms. The van der Waals surface area contributed by atoms with Crippen molar-refractivity contribution >= 4 is 17.5 Å². The number of carbonyl (C=O) groups excluding carboxylic acids is 1. The van der Waals surface area contributed by atoms with Gasteiger partial charge in [-0.2, -0.15) is 0 Å². The molecule has 0 saturated heterocycles. The monoisotopic (exact) mass is 285 g/mol. The summed E-state index contributed by atoms with van der Waals surface area (Å²) in [5.41, 5.74) is -0.521. The minimum absolute atomic E-state index is 0.171. The number of hydrogen-bond donors (Lipinski definition) is 2. The number of halogens is 1. The molecular formula is C14H20ClNO3. The zero-order valence-electron chi connectivity index (χ0n) is 11.3. The first-order chi connectivity index (χ1) is 8.80. The van der Waals surface area contributed by atoms with Gasteiger partial charge in [0.1, 0.15) is 0 Å². The summed E-state index contributed by atoms with van der Waals surface area (Å²) >= 11 is 5.62. The predicted octanol–water partition coefficient (Wildman–Crippen LogP) is 2.99. The van der Waals surface area contributed by atoms with Crippen molar-refractivity contribution in [3.63, 3.8) is 0 Å². The summed E-state index contributed by atoms with van der Waals surface area (Å²) < 4.78 is 5.02. The van der Waals surface area contributed by atoms with Crippen molar-refractivity contribution in [2.45, 2.75) is 45.1 Å². The van der Waals surface area contributed by atoms with Crippen LogP contribution in [0.15, 0.2) is 16.5 Å². The number of amides is 1. The Labute approximate surface area is 118 Å². The van der Waals surface area contributed by atoms with Crippen LogP contribution in [0.25, 0.3) is 0 Å². The van der Waals surface area contributed by atoms with Crippen molar-refractivity contribution in [1.29, 1.82) is 0 Å². The quantitative estimate of drug-likeness (QED) is 0.897. The van der Waals surface area contributed by atoms with Gasteiger partial charge in [0.15, 0.2) is 11.0 Å². The lowest BCUT2D eigenvalue weighted by molar-refractivity contribution is -0.0234. The van der Waals surface area contributed by atoms with Crippen molar-refractivity contribution in [3.8, 4) is 0 Å². The first kappa shape index (κ1) is 14.4. The molecule has 1 fully saturated rings. The molecule has 0 radical (unpaired) electrons. The van der Waals surface area contributed by atoms with Gasteiger partial charge in [-0.3, -0.25) is 4.79 Å². The van der Waals surface area contributed by atoms with E-state index in [1.165, 1.54) is 12.1 Å². The standard InChI is InChI=1S/C14H20ClNO3/c1-13(2)5-7-14(18,8-6-13)9-16-12(17)10-3-4-11(15)19-10/h3-4,18H,5-9H2,1-2H3,(H,16,17). The summed E-state index contributed by atoms with van der Waals surface area (Å²) in [6.07, 6.45) is 3.34. The van der Waals surface area contributed by atoms with Crippen LogP contribution >= 0.6 is 11.6 Å². The van der Waals surface area contributed by atoms with Gasteiger partial charge in [0.2, 0.25) is 0 Å². The predicted molar refractivity (Wildman–Crippen MR) is 73.3 cm³/mol. The molecule has 2 N–H and O–H groups in total. The zero-order valence-corrected chi connectivity index (χ0v) is 12.1. The Morgan fingerprint density at radius 2 is 2.00 bits per heavy atom. The van der Waals surface area contributed by atoms with Gasteiger partial charge in [0.05, 0.1) is 5.60 Å². The number of nitrogens with one attached hydrogen (secondary N) is 1. The topological polar surface area (TPSA) is 62.5 Å². The highest BCUT2D eigenvalue weighted by Gasteiger charge is 2.36. The van der Waals surface area contributed by atoms with Crippen LogP contribution in [0, 0.1) is 5.41 Å². The molecule has 0 bridgehead atoms. The van der Waals surface area contributed by atoms with Crippen LogP contribution < -0.4 is 5.32 Å². The van der Waals surface area contributed by atoms with Crippen molar-refractivity contribution in [2.24, 2.45) is 5.41 Å². The molecule has 1 saturated carbocycles. The fourth-order valence-electron chi connectivity index (χ4n) is 2.34. The molecule has 5 heteroatoms. The molecule has 1 heterocycles. The second-order valence-electron chi connectivity index (χ2n) is 6.17. The summed E-state index contributed by atoms with van der Waals surface area (Å²) in [6, 6.07) is 3.04. The highest BCUT2D eigenvalue weighted by molar-refractivity contribution is 6.29. The average molecular weight is 286 g/mol. The number of hydrogen-bond acceptors (Lipinski definition) is 3. The van der Waals surface area contributed by atoms with Gasteiger partial charge in [0.25, 0.3) is 5.91 Å². The van der Waals surface area contributed by atoms with E-state index in [1.807, 2.05) is 0 Å². The van der Waals surface area contributed by atoms with Crippen LogP contribution in [0.1, 0.15) is 50.1 Å². The lowest BCUT2D eigenvalue weighted by Crippen LogP contribution is -2.46. The third-order valence-electron chi connectivity index (χ3n) is 3.91. The second kappa shape index (κ2) is 5.17. The minimum atomic E-state index is -0.804.